The van der Waals surface area contributed by atoms with Crippen molar-refractivity contribution in [2.45, 2.75) is 31.8 Å². The molecule has 8 nitrogen and oxygen atoms in total. The van der Waals surface area contributed by atoms with Gasteiger partial charge in [-0.15, -0.1) is 0 Å². The van der Waals surface area contributed by atoms with Gasteiger partial charge in [0.1, 0.15) is 11.3 Å². The molecular weight excluding hydrogens is 486 g/mol. The summed E-state index contributed by atoms with van der Waals surface area (Å²) in [7, 11) is 0. The molecule has 0 radical (unpaired) electrons. The number of nitrogens with one attached hydrogen (secondary N) is 2. The van der Waals surface area contributed by atoms with E-state index >= 15 is 0 Å². The van der Waals surface area contributed by atoms with Crippen LogP contribution in [0.25, 0.3) is 10.2 Å². The van der Waals surface area contributed by atoms with Gasteiger partial charge in [0.2, 0.25) is 0 Å². The number of H-pyrrole nitrogens is 1. The predicted octanol–water partition coefficient (Wildman–Crippen LogP) is 4.00. The minimum Gasteiger partial charge on any atom is -0.506 e. The number of hydrogen-bond acceptors (Lipinski definition) is 7. The molecule has 0 saturated heterocycles. The Morgan fingerprint density at radius 1 is 1.20 bits per heavy atom. The number of rotatable bonds is 13. The van der Waals surface area contributed by atoms with Crippen molar-refractivity contribution in [3.05, 3.63) is 63.3 Å². The number of aliphatic hydroxyl groups is 1. The summed E-state index contributed by atoms with van der Waals surface area (Å²) in [6.07, 6.45) is -0.931. The number of aliphatic hydroxyl groups excluding tert-OH is 1. The number of benzene rings is 2. The zero-order valence-electron chi connectivity index (χ0n) is 20.0. The van der Waals surface area contributed by atoms with Crippen LogP contribution in [0.5, 0.6) is 5.75 Å². The van der Waals surface area contributed by atoms with Crippen LogP contribution in [0.4, 0.5) is 4.79 Å². The average Bonchev–Trinajstić information content (AvgIpc) is 3.22. The summed E-state index contributed by atoms with van der Waals surface area (Å²) < 4.78 is 0.567. The third kappa shape index (κ3) is 7.47. The zero-order chi connectivity index (χ0) is 25.4. The summed E-state index contributed by atoms with van der Waals surface area (Å²) in [4.78, 5) is 27.2. The van der Waals surface area contributed by atoms with Gasteiger partial charge >= 0.3 is 11.0 Å². The molecule has 1 heterocycles. The van der Waals surface area contributed by atoms with Crippen LogP contribution in [-0.2, 0) is 5.41 Å². The number of phenolic OH excluding ortho intramolecular Hbond substituents is 1. The summed E-state index contributed by atoms with van der Waals surface area (Å²) in [5.41, 5.74) is 1.81. The van der Waals surface area contributed by atoms with E-state index in [9.17, 15) is 24.9 Å². The lowest BCUT2D eigenvalue weighted by Gasteiger charge is -2.31. The summed E-state index contributed by atoms with van der Waals surface area (Å²) in [5.74, 6) is 1.66. The number of fused-ring (bicyclic) bond motifs is 1. The Morgan fingerprint density at radius 3 is 2.66 bits per heavy atom. The van der Waals surface area contributed by atoms with Crippen molar-refractivity contribution in [1.29, 1.82) is 0 Å². The van der Waals surface area contributed by atoms with Crippen LogP contribution in [0, 0.1) is 0 Å². The zero-order valence-corrected chi connectivity index (χ0v) is 21.6. The monoisotopic (exact) mass is 519 g/mol. The molecule has 35 heavy (non-hydrogen) atoms. The van der Waals surface area contributed by atoms with Crippen molar-refractivity contribution in [2.75, 3.05) is 37.7 Å². The summed E-state index contributed by atoms with van der Waals surface area (Å²) in [5, 5.41) is 33.3. The Morgan fingerprint density at radius 2 is 1.94 bits per heavy atom. The molecule has 3 rings (SSSR count). The van der Waals surface area contributed by atoms with Crippen LogP contribution < -0.4 is 10.2 Å². The van der Waals surface area contributed by atoms with Gasteiger partial charge in [-0.25, -0.2) is 4.79 Å². The van der Waals surface area contributed by atoms with Crippen molar-refractivity contribution in [1.82, 2.24) is 15.2 Å². The van der Waals surface area contributed by atoms with Crippen molar-refractivity contribution in [3.63, 3.8) is 0 Å². The lowest BCUT2D eigenvalue weighted by Crippen LogP contribution is -2.40. The molecular formula is C25H33N3O5S2. The molecule has 2 aromatic carbocycles. The molecule has 5 N–H and O–H groups in total. The number of carboxylic acid groups (broad SMARTS) is 1. The van der Waals surface area contributed by atoms with Crippen molar-refractivity contribution in [3.8, 4) is 5.75 Å². The minimum absolute atomic E-state index is 0.0104. The molecule has 0 spiro atoms. The van der Waals surface area contributed by atoms with Gasteiger partial charge in [0, 0.05) is 42.9 Å². The highest BCUT2D eigenvalue weighted by Crippen LogP contribution is 2.31. The van der Waals surface area contributed by atoms with E-state index in [1.54, 1.807) is 17.8 Å². The molecule has 0 fully saturated rings. The number of aromatic nitrogens is 1. The summed E-state index contributed by atoms with van der Waals surface area (Å²) in [6, 6.07) is 13.1. The molecule has 0 aliphatic rings. The maximum absolute atomic E-state index is 11.7. The van der Waals surface area contributed by atoms with E-state index in [4.69, 9.17) is 0 Å². The SMILES string of the molecule is CC(C)(CN(CCCSCCNC[C@@H](O)c1ccc(O)c2[nH]c(=O)sc12)C(=O)O)c1ccccc1. The Balaban J connectivity index is 1.36. The highest BCUT2D eigenvalue weighted by molar-refractivity contribution is 7.99. The van der Waals surface area contributed by atoms with Gasteiger partial charge in [0.05, 0.1) is 10.8 Å². The van der Waals surface area contributed by atoms with Gasteiger partial charge < -0.3 is 30.5 Å². The van der Waals surface area contributed by atoms with Crippen molar-refractivity contribution in [2.24, 2.45) is 0 Å². The first kappa shape index (κ1) is 27.1. The fourth-order valence-corrected chi connectivity index (χ4v) is 5.70. The second-order valence-electron chi connectivity index (χ2n) is 9.03. The number of thiazole rings is 1. The lowest BCUT2D eigenvalue weighted by molar-refractivity contribution is 0.135. The number of thioether (sulfide) groups is 1. The van der Waals surface area contributed by atoms with E-state index in [0.29, 0.717) is 42.0 Å². The largest absolute Gasteiger partial charge is 0.506 e. The van der Waals surface area contributed by atoms with Crippen LogP contribution in [0.3, 0.4) is 0 Å². The van der Waals surface area contributed by atoms with E-state index in [-0.39, 0.29) is 16.0 Å². The molecule has 0 unspecified atom stereocenters. The van der Waals surface area contributed by atoms with E-state index in [1.165, 1.54) is 11.0 Å². The van der Waals surface area contributed by atoms with Gasteiger partial charge in [-0.05, 0) is 23.8 Å². The Hall–Kier alpha value is -2.53. The Kier molecular flexibility index (Phi) is 9.62. The second-order valence-corrected chi connectivity index (χ2v) is 11.2. The minimum atomic E-state index is -0.898. The van der Waals surface area contributed by atoms with E-state index in [1.807, 2.05) is 30.3 Å². The summed E-state index contributed by atoms with van der Waals surface area (Å²) >= 11 is 2.71. The molecule has 0 aliphatic heterocycles. The van der Waals surface area contributed by atoms with E-state index in [0.717, 1.165) is 34.8 Å². The molecule has 1 amide bonds. The van der Waals surface area contributed by atoms with Gasteiger partial charge in [0.15, 0.2) is 0 Å². The first-order chi connectivity index (χ1) is 16.7. The third-order valence-corrected chi connectivity index (χ3v) is 7.84. The standard InChI is InChI=1S/C25H33N3O5S2/c1-25(2,17-7-4-3-5-8-17)16-28(24(32)33)12-6-13-34-14-11-26-15-20(30)18-9-10-19(29)21-22(18)35-23(31)27-21/h3-5,7-10,20,26,29-30H,6,11-16H2,1-2H3,(H,27,31)(H,32,33)/t20-/m1/s1. The van der Waals surface area contributed by atoms with Gasteiger partial charge in [-0.2, -0.15) is 11.8 Å². The quantitative estimate of drug-likeness (QED) is 0.216. The number of phenols is 1. The highest BCUT2D eigenvalue weighted by Gasteiger charge is 2.26. The van der Waals surface area contributed by atoms with Gasteiger partial charge in [0.25, 0.3) is 0 Å². The number of aromatic hydroxyl groups is 1. The number of aromatic amines is 1. The van der Waals surface area contributed by atoms with Crippen LogP contribution in [0.15, 0.2) is 47.3 Å². The molecule has 190 valence electrons. The molecule has 0 bridgehead atoms. The highest BCUT2D eigenvalue weighted by atomic mass is 32.2. The maximum Gasteiger partial charge on any atom is 0.407 e. The number of hydrogen-bond donors (Lipinski definition) is 5. The number of amides is 1. The smallest absolute Gasteiger partial charge is 0.407 e. The van der Waals surface area contributed by atoms with Crippen molar-refractivity contribution >= 4 is 39.4 Å². The predicted molar refractivity (Wildman–Crippen MR) is 143 cm³/mol. The first-order valence-corrected chi connectivity index (χ1v) is 13.5. The Bertz CT molecular complexity index is 1160. The summed E-state index contributed by atoms with van der Waals surface area (Å²) in [6.45, 7) is 6.07. The van der Waals surface area contributed by atoms with Gasteiger partial charge in [-0.3, -0.25) is 4.79 Å². The van der Waals surface area contributed by atoms with Crippen LogP contribution in [-0.4, -0.2) is 69.0 Å². The molecule has 1 aromatic heterocycles. The molecule has 10 heteroatoms. The lowest BCUT2D eigenvalue weighted by atomic mass is 9.84. The fourth-order valence-electron chi connectivity index (χ4n) is 3.95. The van der Waals surface area contributed by atoms with Crippen LogP contribution in [0.2, 0.25) is 0 Å². The van der Waals surface area contributed by atoms with Crippen LogP contribution in [0.1, 0.15) is 37.5 Å². The number of carbonyl (C=O) groups is 1. The topological polar surface area (TPSA) is 126 Å². The van der Waals surface area contributed by atoms with Gasteiger partial charge in [-0.1, -0.05) is 61.6 Å². The average molecular weight is 520 g/mol. The maximum atomic E-state index is 11.7. The first-order valence-electron chi connectivity index (χ1n) is 11.5. The molecule has 0 saturated carbocycles. The fraction of sp³-hybridized carbons (Fsp3) is 0.440. The normalized spacial score (nSPS) is 12.7. The van der Waals surface area contributed by atoms with E-state index < -0.39 is 12.2 Å². The number of nitrogens with zero attached hydrogens (tertiary/aromatic N) is 1. The third-order valence-electron chi connectivity index (χ3n) is 5.84. The molecule has 1 atom stereocenters. The van der Waals surface area contributed by atoms with Crippen LogP contribution >= 0.6 is 23.1 Å². The van der Waals surface area contributed by atoms with E-state index in [2.05, 4.69) is 24.1 Å². The Labute approximate surface area is 213 Å². The second kappa shape index (κ2) is 12.4. The molecule has 3 aromatic rings. The van der Waals surface area contributed by atoms with Crippen molar-refractivity contribution < 1.29 is 20.1 Å². The molecule has 0 aliphatic carbocycles.